The number of fused-ring (bicyclic) bond motifs is 1. The minimum atomic E-state index is 0.0275. The zero-order valence-corrected chi connectivity index (χ0v) is 19.8. The van der Waals surface area contributed by atoms with Crippen molar-refractivity contribution in [2.75, 3.05) is 19.6 Å². The van der Waals surface area contributed by atoms with Gasteiger partial charge in [0.15, 0.2) is 5.65 Å². The maximum absolute atomic E-state index is 12.7. The van der Waals surface area contributed by atoms with Crippen LogP contribution in [0.4, 0.5) is 0 Å². The van der Waals surface area contributed by atoms with E-state index in [1.165, 1.54) is 0 Å². The van der Waals surface area contributed by atoms with Crippen molar-refractivity contribution < 1.29 is 4.79 Å². The van der Waals surface area contributed by atoms with Gasteiger partial charge < -0.3 is 5.32 Å². The Labute approximate surface area is 189 Å². The number of nitrogens with one attached hydrogen (secondary N) is 1. The number of nitrogens with zero attached hydrogens (tertiary/aromatic N) is 4. The van der Waals surface area contributed by atoms with E-state index in [-0.39, 0.29) is 11.9 Å². The fraction of sp³-hybridized carbons (Fsp3) is 0.458. The Kier molecular flexibility index (Phi) is 7.68. The Morgan fingerprint density at radius 3 is 2.58 bits per heavy atom. The zero-order chi connectivity index (χ0) is 22.5. The number of hydrogen-bond donors (Lipinski definition) is 1. The van der Waals surface area contributed by atoms with E-state index < -0.39 is 0 Å². The van der Waals surface area contributed by atoms with Crippen LogP contribution < -0.4 is 5.32 Å². The van der Waals surface area contributed by atoms with Crippen LogP contribution in [0, 0.1) is 20.8 Å². The summed E-state index contributed by atoms with van der Waals surface area (Å²) >= 11 is 6.46. The minimum Gasteiger partial charge on any atom is -0.354 e. The molecule has 0 saturated carbocycles. The van der Waals surface area contributed by atoms with Crippen LogP contribution in [0.25, 0.3) is 5.65 Å². The predicted octanol–water partition coefficient (Wildman–Crippen LogP) is 4.44. The molecule has 0 aliphatic rings. The van der Waals surface area contributed by atoms with Crippen molar-refractivity contribution in [1.29, 1.82) is 0 Å². The molecule has 1 atom stereocenters. The molecule has 3 aromatic rings. The summed E-state index contributed by atoms with van der Waals surface area (Å²) in [5, 5.41) is 8.37. The van der Waals surface area contributed by atoms with Gasteiger partial charge in [-0.1, -0.05) is 43.6 Å². The van der Waals surface area contributed by atoms with Crippen LogP contribution in [0.1, 0.15) is 54.5 Å². The van der Waals surface area contributed by atoms with E-state index >= 15 is 0 Å². The molecule has 0 bridgehead atoms. The third kappa shape index (κ3) is 5.25. The fourth-order valence-corrected chi connectivity index (χ4v) is 4.45. The van der Waals surface area contributed by atoms with Gasteiger partial charge in [0, 0.05) is 35.4 Å². The molecule has 1 unspecified atom stereocenters. The van der Waals surface area contributed by atoms with Crippen LogP contribution in [0.5, 0.6) is 0 Å². The van der Waals surface area contributed by atoms with Gasteiger partial charge in [0.05, 0.1) is 11.7 Å². The Hall–Kier alpha value is -2.44. The molecular weight excluding hydrogens is 410 g/mol. The molecule has 31 heavy (non-hydrogen) atoms. The molecule has 0 aliphatic carbocycles. The lowest BCUT2D eigenvalue weighted by atomic mass is 10.0. The van der Waals surface area contributed by atoms with Gasteiger partial charge in [-0.05, 0) is 57.5 Å². The number of benzene rings is 1. The summed E-state index contributed by atoms with van der Waals surface area (Å²) in [5.74, 6) is 0.0275. The first-order chi connectivity index (χ1) is 14.8. The first-order valence-corrected chi connectivity index (χ1v) is 11.3. The van der Waals surface area contributed by atoms with Gasteiger partial charge in [-0.25, -0.2) is 9.50 Å². The number of hydrogen-bond acceptors (Lipinski definition) is 4. The zero-order valence-electron chi connectivity index (χ0n) is 19.1. The molecule has 0 aliphatic heterocycles. The topological polar surface area (TPSA) is 62.5 Å². The van der Waals surface area contributed by atoms with E-state index in [1.54, 1.807) is 0 Å². The maximum atomic E-state index is 12.7. The molecule has 0 saturated heterocycles. The molecule has 7 heteroatoms. The molecule has 0 radical (unpaired) electrons. The molecular formula is C24H32ClN5O. The SMILES string of the molecule is CCN(CC)C(CNC(=O)CCc1c(C)nc2cc(C)nn2c1C)c1ccccc1Cl. The summed E-state index contributed by atoms with van der Waals surface area (Å²) in [5.41, 5.74) is 5.91. The number of carbonyl (C=O) groups excluding carboxylic acids is 1. The summed E-state index contributed by atoms with van der Waals surface area (Å²) in [7, 11) is 0. The van der Waals surface area contributed by atoms with Crippen molar-refractivity contribution in [1.82, 2.24) is 24.8 Å². The number of rotatable bonds is 9. The Morgan fingerprint density at radius 1 is 1.19 bits per heavy atom. The van der Waals surface area contributed by atoms with E-state index in [1.807, 2.05) is 55.6 Å². The summed E-state index contributed by atoms with van der Waals surface area (Å²) in [4.78, 5) is 19.7. The second-order valence-electron chi connectivity index (χ2n) is 7.88. The van der Waals surface area contributed by atoms with Gasteiger partial charge in [0.25, 0.3) is 0 Å². The molecule has 6 nitrogen and oxygen atoms in total. The highest BCUT2D eigenvalue weighted by molar-refractivity contribution is 6.31. The molecule has 1 N–H and O–H groups in total. The first-order valence-electron chi connectivity index (χ1n) is 10.9. The quantitative estimate of drug-likeness (QED) is 0.533. The van der Waals surface area contributed by atoms with E-state index in [4.69, 9.17) is 11.6 Å². The van der Waals surface area contributed by atoms with Crippen LogP contribution in [0.15, 0.2) is 30.3 Å². The number of amides is 1. The van der Waals surface area contributed by atoms with Crippen molar-refractivity contribution >= 4 is 23.2 Å². The summed E-state index contributed by atoms with van der Waals surface area (Å²) in [6.45, 7) is 12.5. The lowest BCUT2D eigenvalue weighted by Gasteiger charge is -2.31. The summed E-state index contributed by atoms with van der Waals surface area (Å²) < 4.78 is 1.86. The van der Waals surface area contributed by atoms with Crippen LogP contribution in [0.3, 0.4) is 0 Å². The average molecular weight is 442 g/mol. The summed E-state index contributed by atoms with van der Waals surface area (Å²) in [6, 6.07) is 9.88. The highest BCUT2D eigenvalue weighted by atomic mass is 35.5. The van der Waals surface area contributed by atoms with Gasteiger partial charge in [-0.2, -0.15) is 5.10 Å². The lowest BCUT2D eigenvalue weighted by molar-refractivity contribution is -0.121. The van der Waals surface area contributed by atoms with Crippen LogP contribution in [-0.4, -0.2) is 45.0 Å². The second kappa shape index (κ2) is 10.2. The van der Waals surface area contributed by atoms with Gasteiger partial charge in [-0.15, -0.1) is 0 Å². The molecule has 1 amide bonds. The Bertz CT molecular complexity index is 1060. The number of halogens is 1. The summed E-state index contributed by atoms with van der Waals surface area (Å²) in [6.07, 6.45) is 1.04. The average Bonchev–Trinajstić information content (AvgIpc) is 3.12. The van der Waals surface area contributed by atoms with E-state index in [0.717, 1.165) is 52.0 Å². The van der Waals surface area contributed by atoms with Gasteiger partial charge in [-0.3, -0.25) is 9.69 Å². The van der Waals surface area contributed by atoms with Crippen LogP contribution in [0.2, 0.25) is 5.02 Å². The predicted molar refractivity (Wildman–Crippen MR) is 126 cm³/mol. The van der Waals surface area contributed by atoms with Crippen molar-refractivity contribution in [3.05, 3.63) is 63.6 Å². The third-order valence-corrected chi connectivity index (χ3v) is 6.24. The molecule has 2 heterocycles. The van der Waals surface area contributed by atoms with Gasteiger partial charge >= 0.3 is 0 Å². The van der Waals surface area contributed by atoms with Crippen molar-refractivity contribution in [2.24, 2.45) is 0 Å². The van der Waals surface area contributed by atoms with E-state index in [9.17, 15) is 4.79 Å². The van der Waals surface area contributed by atoms with Crippen LogP contribution in [-0.2, 0) is 11.2 Å². The van der Waals surface area contributed by atoms with Gasteiger partial charge in [0.2, 0.25) is 5.91 Å². The molecule has 0 fully saturated rings. The van der Waals surface area contributed by atoms with Crippen molar-refractivity contribution in [3.8, 4) is 0 Å². The molecule has 166 valence electrons. The fourth-order valence-electron chi connectivity index (χ4n) is 4.19. The first kappa shape index (κ1) is 23.2. The second-order valence-corrected chi connectivity index (χ2v) is 8.29. The normalized spacial score (nSPS) is 12.5. The number of likely N-dealkylation sites (N-methyl/N-ethyl adjacent to an activating group) is 1. The monoisotopic (exact) mass is 441 g/mol. The Balaban J connectivity index is 1.68. The number of carbonyl (C=O) groups is 1. The molecule has 1 aromatic carbocycles. The molecule has 3 rings (SSSR count). The number of aromatic nitrogens is 3. The van der Waals surface area contributed by atoms with Crippen molar-refractivity contribution in [3.63, 3.8) is 0 Å². The minimum absolute atomic E-state index is 0.0275. The highest BCUT2D eigenvalue weighted by Crippen LogP contribution is 2.27. The molecule has 0 spiro atoms. The van der Waals surface area contributed by atoms with Crippen LogP contribution >= 0.6 is 11.6 Å². The maximum Gasteiger partial charge on any atom is 0.220 e. The van der Waals surface area contributed by atoms with Gasteiger partial charge in [0.1, 0.15) is 0 Å². The number of aryl methyl sites for hydroxylation is 3. The third-order valence-electron chi connectivity index (χ3n) is 5.90. The van der Waals surface area contributed by atoms with E-state index in [0.29, 0.717) is 19.4 Å². The lowest BCUT2D eigenvalue weighted by Crippen LogP contribution is -2.38. The van der Waals surface area contributed by atoms with E-state index in [2.05, 4.69) is 34.1 Å². The Morgan fingerprint density at radius 2 is 1.90 bits per heavy atom. The smallest absolute Gasteiger partial charge is 0.220 e. The van der Waals surface area contributed by atoms with Crippen molar-refractivity contribution in [2.45, 2.75) is 53.5 Å². The highest BCUT2D eigenvalue weighted by Gasteiger charge is 2.21. The standard InChI is InChI=1S/C24H32ClN5O/c1-6-29(7-2)22(20-10-8-9-11-21(20)25)15-26-24(31)13-12-19-17(4)27-23-14-16(3)28-30(23)18(19)5/h8-11,14,22H,6-7,12-13,15H2,1-5H3,(H,26,31). The largest absolute Gasteiger partial charge is 0.354 e. The molecule has 2 aromatic heterocycles.